The number of aromatic nitrogens is 1. The van der Waals surface area contributed by atoms with E-state index in [0.717, 1.165) is 5.69 Å². The Bertz CT molecular complexity index is 573. The standard InChI is InChI=1S/C14H13BrN2O2/c15-13-11(5-3-6-12(13)16)14(18)19-9-7-10-4-1-2-8-17-10/h1-6,8H,7,9,16H2. The first-order chi connectivity index (χ1) is 9.18. The molecule has 2 aromatic rings. The quantitative estimate of drug-likeness (QED) is 0.695. The van der Waals surface area contributed by atoms with E-state index in [9.17, 15) is 4.79 Å². The van der Waals surface area contributed by atoms with Gasteiger partial charge < -0.3 is 10.5 Å². The average Bonchev–Trinajstić information content (AvgIpc) is 2.43. The van der Waals surface area contributed by atoms with Crippen LogP contribution >= 0.6 is 15.9 Å². The molecule has 0 saturated heterocycles. The lowest BCUT2D eigenvalue weighted by atomic mass is 10.2. The number of ether oxygens (including phenoxy) is 1. The predicted octanol–water partition coefficient (Wildman–Crippen LogP) is 2.83. The van der Waals surface area contributed by atoms with Gasteiger partial charge in [0.15, 0.2) is 0 Å². The third-order valence-corrected chi connectivity index (χ3v) is 3.45. The zero-order valence-corrected chi connectivity index (χ0v) is 11.8. The Hall–Kier alpha value is -1.88. The Kier molecular flexibility index (Phi) is 4.52. The summed E-state index contributed by atoms with van der Waals surface area (Å²) < 4.78 is 5.77. The van der Waals surface area contributed by atoms with Crippen LogP contribution in [0.3, 0.4) is 0 Å². The lowest BCUT2D eigenvalue weighted by Crippen LogP contribution is -2.10. The lowest BCUT2D eigenvalue weighted by molar-refractivity contribution is 0.0507. The van der Waals surface area contributed by atoms with Gasteiger partial charge in [-0.1, -0.05) is 12.1 Å². The minimum Gasteiger partial charge on any atom is -0.462 e. The molecule has 98 valence electrons. The van der Waals surface area contributed by atoms with E-state index in [1.807, 2.05) is 18.2 Å². The highest BCUT2D eigenvalue weighted by atomic mass is 79.9. The number of nitrogens with two attached hydrogens (primary N) is 1. The van der Waals surface area contributed by atoms with Crippen LogP contribution in [0.25, 0.3) is 0 Å². The van der Waals surface area contributed by atoms with Crippen LogP contribution < -0.4 is 5.73 Å². The minimum atomic E-state index is -0.393. The van der Waals surface area contributed by atoms with E-state index in [0.29, 0.717) is 22.1 Å². The molecule has 5 heteroatoms. The van der Waals surface area contributed by atoms with Crippen molar-refractivity contribution >= 4 is 27.6 Å². The highest BCUT2D eigenvalue weighted by Gasteiger charge is 2.12. The van der Waals surface area contributed by atoms with Gasteiger partial charge in [-0.05, 0) is 40.2 Å². The first-order valence-corrected chi connectivity index (χ1v) is 6.59. The fraction of sp³-hybridized carbons (Fsp3) is 0.143. The number of nitrogen functional groups attached to an aromatic ring is 1. The van der Waals surface area contributed by atoms with Gasteiger partial charge in [0.2, 0.25) is 0 Å². The summed E-state index contributed by atoms with van der Waals surface area (Å²) in [6.07, 6.45) is 2.30. The summed E-state index contributed by atoms with van der Waals surface area (Å²) in [5, 5.41) is 0. The van der Waals surface area contributed by atoms with Gasteiger partial charge in [-0.2, -0.15) is 0 Å². The predicted molar refractivity (Wildman–Crippen MR) is 76.8 cm³/mol. The summed E-state index contributed by atoms with van der Waals surface area (Å²) in [7, 11) is 0. The zero-order chi connectivity index (χ0) is 13.7. The van der Waals surface area contributed by atoms with Gasteiger partial charge in [-0.15, -0.1) is 0 Å². The number of rotatable bonds is 4. The molecule has 2 N–H and O–H groups in total. The smallest absolute Gasteiger partial charge is 0.339 e. The Morgan fingerprint density at radius 1 is 1.26 bits per heavy atom. The number of hydrogen-bond donors (Lipinski definition) is 1. The Labute approximate surface area is 119 Å². The molecule has 0 fully saturated rings. The Balaban J connectivity index is 1.93. The van der Waals surface area contributed by atoms with Gasteiger partial charge in [0, 0.05) is 24.0 Å². The Morgan fingerprint density at radius 2 is 2.11 bits per heavy atom. The molecular weight excluding hydrogens is 308 g/mol. The maximum Gasteiger partial charge on any atom is 0.339 e. The monoisotopic (exact) mass is 320 g/mol. The van der Waals surface area contributed by atoms with Crippen molar-refractivity contribution in [3.05, 3.63) is 58.3 Å². The molecule has 1 aromatic carbocycles. The minimum absolute atomic E-state index is 0.289. The molecule has 2 rings (SSSR count). The third kappa shape index (κ3) is 3.54. The van der Waals surface area contributed by atoms with Crippen LogP contribution in [-0.4, -0.2) is 17.6 Å². The van der Waals surface area contributed by atoms with Crippen molar-refractivity contribution < 1.29 is 9.53 Å². The first-order valence-electron chi connectivity index (χ1n) is 5.79. The van der Waals surface area contributed by atoms with Gasteiger partial charge in [0.25, 0.3) is 0 Å². The maximum atomic E-state index is 11.9. The van der Waals surface area contributed by atoms with Crippen molar-refractivity contribution in [3.8, 4) is 0 Å². The van der Waals surface area contributed by atoms with E-state index in [-0.39, 0.29) is 6.61 Å². The second-order valence-electron chi connectivity index (χ2n) is 3.92. The number of pyridine rings is 1. The molecule has 1 heterocycles. The number of benzene rings is 1. The van der Waals surface area contributed by atoms with Gasteiger partial charge in [-0.25, -0.2) is 4.79 Å². The molecule has 0 amide bonds. The van der Waals surface area contributed by atoms with Crippen molar-refractivity contribution in [2.45, 2.75) is 6.42 Å². The molecule has 4 nitrogen and oxygen atoms in total. The van der Waals surface area contributed by atoms with Gasteiger partial charge >= 0.3 is 5.97 Å². The molecule has 0 saturated carbocycles. The van der Waals surface area contributed by atoms with E-state index in [2.05, 4.69) is 20.9 Å². The van der Waals surface area contributed by atoms with Crippen LogP contribution in [0.15, 0.2) is 47.1 Å². The maximum absolute atomic E-state index is 11.9. The molecular formula is C14H13BrN2O2. The van der Waals surface area contributed by atoms with E-state index in [1.165, 1.54) is 0 Å². The number of esters is 1. The number of hydrogen-bond acceptors (Lipinski definition) is 4. The largest absolute Gasteiger partial charge is 0.462 e. The first kappa shape index (κ1) is 13.5. The molecule has 1 aromatic heterocycles. The van der Waals surface area contributed by atoms with Crippen molar-refractivity contribution in [2.24, 2.45) is 0 Å². The van der Waals surface area contributed by atoms with Gasteiger partial charge in [0.05, 0.1) is 16.6 Å². The van der Waals surface area contributed by atoms with Crippen molar-refractivity contribution in [1.82, 2.24) is 4.98 Å². The van der Waals surface area contributed by atoms with Crippen molar-refractivity contribution in [2.75, 3.05) is 12.3 Å². The van der Waals surface area contributed by atoms with E-state index < -0.39 is 5.97 Å². The van der Waals surface area contributed by atoms with Crippen molar-refractivity contribution in [3.63, 3.8) is 0 Å². The van der Waals surface area contributed by atoms with Crippen LogP contribution in [0.5, 0.6) is 0 Å². The Morgan fingerprint density at radius 3 is 2.84 bits per heavy atom. The van der Waals surface area contributed by atoms with Crippen LogP contribution in [0.2, 0.25) is 0 Å². The summed E-state index contributed by atoms with van der Waals surface area (Å²) in [5.74, 6) is -0.393. The fourth-order valence-corrected chi connectivity index (χ4v) is 2.01. The molecule has 0 aliphatic heterocycles. The van der Waals surface area contributed by atoms with E-state index in [4.69, 9.17) is 10.5 Å². The van der Waals surface area contributed by atoms with Gasteiger partial charge in [0.1, 0.15) is 0 Å². The highest BCUT2D eigenvalue weighted by molar-refractivity contribution is 9.10. The summed E-state index contributed by atoms with van der Waals surface area (Å²) >= 11 is 3.28. The normalized spacial score (nSPS) is 10.2. The molecule has 19 heavy (non-hydrogen) atoms. The molecule has 0 unspecified atom stereocenters. The summed E-state index contributed by atoms with van der Waals surface area (Å²) in [6.45, 7) is 0.289. The molecule has 0 aliphatic carbocycles. The number of nitrogens with zero attached hydrogens (tertiary/aromatic N) is 1. The molecule has 0 spiro atoms. The molecule has 0 atom stereocenters. The highest BCUT2D eigenvalue weighted by Crippen LogP contribution is 2.24. The number of carbonyl (C=O) groups excluding carboxylic acids is 1. The summed E-state index contributed by atoms with van der Waals surface area (Å²) in [6, 6.07) is 10.7. The number of anilines is 1. The number of carbonyl (C=O) groups is 1. The average molecular weight is 321 g/mol. The summed E-state index contributed by atoms with van der Waals surface area (Å²) in [5.41, 5.74) is 7.55. The van der Waals surface area contributed by atoms with E-state index in [1.54, 1.807) is 24.4 Å². The third-order valence-electron chi connectivity index (χ3n) is 2.57. The van der Waals surface area contributed by atoms with Gasteiger partial charge in [-0.3, -0.25) is 4.98 Å². The topological polar surface area (TPSA) is 65.2 Å². The number of halogens is 1. The van der Waals surface area contributed by atoms with Crippen molar-refractivity contribution in [1.29, 1.82) is 0 Å². The van der Waals surface area contributed by atoms with E-state index >= 15 is 0 Å². The fourth-order valence-electron chi connectivity index (χ4n) is 1.58. The lowest BCUT2D eigenvalue weighted by Gasteiger charge is -2.07. The molecule has 0 aliphatic rings. The van der Waals surface area contributed by atoms with Crippen LogP contribution in [-0.2, 0) is 11.2 Å². The SMILES string of the molecule is Nc1cccc(C(=O)OCCc2ccccn2)c1Br. The van der Waals surface area contributed by atoms with Crippen LogP contribution in [0.1, 0.15) is 16.1 Å². The second-order valence-corrected chi connectivity index (χ2v) is 4.71. The summed E-state index contributed by atoms with van der Waals surface area (Å²) in [4.78, 5) is 16.0. The van der Waals surface area contributed by atoms with Crippen LogP contribution in [0.4, 0.5) is 5.69 Å². The van der Waals surface area contributed by atoms with Crippen LogP contribution in [0, 0.1) is 0 Å². The molecule has 0 radical (unpaired) electrons. The molecule has 0 bridgehead atoms. The zero-order valence-electron chi connectivity index (χ0n) is 10.2. The second kappa shape index (κ2) is 6.33.